The van der Waals surface area contributed by atoms with Crippen LogP contribution in [0.4, 0.5) is 0 Å². The molecular formula is C13H15NS. The molecule has 2 heteroatoms. The van der Waals surface area contributed by atoms with Crippen LogP contribution in [0, 0.1) is 0 Å². The summed E-state index contributed by atoms with van der Waals surface area (Å²) >= 11 is 1.76. The normalized spacial score (nSPS) is 11.2. The molecule has 0 spiro atoms. The van der Waals surface area contributed by atoms with E-state index < -0.39 is 0 Å². The number of rotatable bonds is 2. The molecule has 78 valence electrons. The van der Waals surface area contributed by atoms with Crippen LogP contribution in [0.25, 0.3) is 10.9 Å². The Morgan fingerprint density at radius 2 is 2.00 bits per heavy atom. The second-order valence-electron chi connectivity index (χ2n) is 3.94. The first-order valence-corrected chi connectivity index (χ1v) is 6.37. The molecule has 0 bridgehead atoms. The van der Waals surface area contributed by atoms with E-state index in [1.54, 1.807) is 11.8 Å². The molecule has 0 unspecified atom stereocenters. The molecule has 0 atom stereocenters. The van der Waals surface area contributed by atoms with E-state index in [4.69, 9.17) is 0 Å². The Kier molecular flexibility index (Phi) is 2.96. The monoisotopic (exact) mass is 217 g/mol. The topological polar surface area (TPSA) is 12.9 Å². The molecule has 0 amide bonds. The highest BCUT2D eigenvalue weighted by Crippen LogP contribution is 2.26. The Morgan fingerprint density at radius 1 is 1.20 bits per heavy atom. The molecule has 0 radical (unpaired) electrons. The molecule has 1 heterocycles. The SMILES string of the molecule is CSc1ccc2c(C(C)C)ccnc2c1. The largest absolute Gasteiger partial charge is 0.256 e. The average molecular weight is 217 g/mol. The fourth-order valence-electron chi connectivity index (χ4n) is 1.78. The standard InChI is InChI=1S/C13H15NS/c1-9(2)11-6-7-14-13-8-10(15-3)4-5-12(11)13/h4-9H,1-3H3. The van der Waals surface area contributed by atoms with Crippen LogP contribution in [0.15, 0.2) is 35.4 Å². The van der Waals surface area contributed by atoms with E-state index in [1.165, 1.54) is 15.8 Å². The Morgan fingerprint density at radius 3 is 2.67 bits per heavy atom. The molecule has 1 nitrogen and oxygen atoms in total. The molecule has 0 aliphatic rings. The lowest BCUT2D eigenvalue weighted by molar-refractivity contribution is 0.874. The van der Waals surface area contributed by atoms with Gasteiger partial charge in [-0.25, -0.2) is 0 Å². The van der Waals surface area contributed by atoms with E-state index >= 15 is 0 Å². The molecule has 0 N–H and O–H groups in total. The van der Waals surface area contributed by atoms with Gasteiger partial charge >= 0.3 is 0 Å². The van der Waals surface area contributed by atoms with Gasteiger partial charge in [0.25, 0.3) is 0 Å². The summed E-state index contributed by atoms with van der Waals surface area (Å²) in [5.74, 6) is 0.552. The van der Waals surface area contributed by atoms with Gasteiger partial charge in [0.15, 0.2) is 0 Å². The summed E-state index contributed by atoms with van der Waals surface area (Å²) in [4.78, 5) is 5.69. The van der Waals surface area contributed by atoms with E-state index in [9.17, 15) is 0 Å². The minimum atomic E-state index is 0.552. The van der Waals surface area contributed by atoms with Crippen molar-refractivity contribution in [3.63, 3.8) is 0 Å². The predicted octanol–water partition coefficient (Wildman–Crippen LogP) is 4.08. The summed E-state index contributed by atoms with van der Waals surface area (Å²) in [5, 5.41) is 1.28. The Balaban J connectivity index is 2.67. The predicted molar refractivity (Wildman–Crippen MR) is 67.6 cm³/mol. The fourth-order valence-corrected chi connectivity index (χ4v) is 2.21. The van der Waals surface area contributed by atoms with Crippen molar-refractivity contribution >= 4 is 22.7 Å². The van der Waals surface area contributed by atoms with Crippen molar-refractivity contribution in [3.8, 4) is 0 Å². The fraction of sp³-hybridized carbons (Fsp3) is 0.308. The highest BCUT2D eigenvalue weighted by atomic mass is 32.2. The Labute approximate surface area is 94.9 Å². The summed E-state index contributed by atoms with van der Waals surface area (Å²) in [6.07, 6.45) is 4.00. The number of hydrogen-bond acceptors (Lipinski definition) is 2. The maximum absolute atomic E-state index is 4.42. The smallest absolute Gasteiger partial charge is 0.0715 e. The molecule has 1 aromatic heterocycles. The molecule has 15 heavy (non-hydrogen) atoms. The van der Waals surface area contributed by atoms with Crippen molar-refractivity contribution in [1.29, 1.82) is 0 Å². The number of nitrogens with zero attached hydrogens (tertiary/aromatic N) is 1. The van der Waals surface area contributed by atoms with Gasteiger partial charge in [0.05, 0.1) is 5.52 Å². The first-order valence-electron chi connectivity index (χ1n) is 5.15. The van der Waals surface area contributed by atoms with E-state index in [0.717, 1.165) is 5.52 Å². The van der Waals surface area contributed by atoms with Gasteiger partial charge in [-0.3, -0.25) is 4.98 Å². The molecule has 0 aliphatic carbocycles. The third kappa shape index (κ3) is 2.00. The molecular weight excluding hydrogens is 202 g/mol. The van der Waals surface area contributed by atoms with Crippen molar-refractivity contribution in [2.45, 2.75) is 24.7 Å². The van der Waals surface area contributed by atoms with Gasteiger partial charge in [0.1, 0.15) is 0 Å². The zero-order valence-electron chi connectivity index (χ0n) is 9.32. The van der Waals surface area contributed by atoms with Crippen molar-refractivity contribution in [2.75, 3.05) is 6.26 Å². The van der Waals surface area contributed by atoms with Crippen LogP contribution in [0.3, 0.4) is 0 Å². The maximum Gasteiger partial charge on any atom is 0.0715 e. The maximum atomic E-state index is 4.42. The molecule has 0 saturated carbocycles. The first-order chi connectivity index (χ1) is 7.22. The number of thioether (sulfide) groups is 1. The average Bonchev–Trinajstić information content (AvgIpc) is 2.27. The van der Waals surface area contributed by atoms with Crippen molar-refractivity contribution < 1.29 is 0 Å². The van der Waals surface area contributed by atoms with E-state index in [2.05, 4.69) is 49.4 Å². The molecule has 1 aromatic carbocycles. The summed E-state index contributed by atoms with van der Waals surface area (Å²) in [6, 6.07) is 8.63. The van der Waals surface area contributed by atoms with Gasteiger partial charge in [0.2, 0.25) is 0 Å². The molecule has 0 saturated heterocycles. The lowest BCUT2D eigenvalue weighted by Gasteiger charge is -2.09. The number of pyridine rings is 1. The highest BCUT2D eigenvalue weighted by molar-refractivity contribution is 7.98. The highest BCUT2D eigenvalue weighted by Gasteiger charge is 2.05. The minimum Gasteiger partial charge on any atom is -0.256 e. The van der Waals surface area contributed by atoms with Crippen molar-refractivity contribution in [1.82, 2.24) is 4.98 Å². The molecule has 0 aliphatic heterocycles. The first kappa shape index (κ1) is 10.5. The number of aromatic nitrogens is 1. The van der Waals surface area contributed by atoms with Crippen LogP contribution in [-0.4, -0.2) is 11.2 Å². The van der Waals surface area contributed by atoms with Gasteiger partial charge in [-0.1, -0.05) is 19.9 Å². The number of benzene rings is 1. The minimum absolute atomic E-state index is 0.552. The van der Waals surface area contributed by atoms with Crippen molar-refractivity contribution in [2.24, 2.45) is 0 Å². The second kappa shape index (κ2) is 4.23. The van der Waals surface area contributed by atoms with Gasteiger partial charge in [-0.05, 0) is 35.9 Å². The quantitative estimate of drug-likeness (QED) is 0.703. The van der Waals surface area contributed by atoms with Gasteiger partial charge in [0, 0.05) is 16.5 Å². The Bertz CT molecular complexity index is 477. The third-order valence-corrected chi connectivity index (χ3v) is 3.33. The van der Waals surface area contributed by atoms with Crippen LogP contribution in [-0.2, 0) is 0 Å². The summed E-state index contributed by atoms with van der Waals surface area (Å²) in [6.45, 7) is 4.44. The van der Waals surface area contributed by atoms with E-state index in [0.29, 0.717) is 5.92 Å². The second-order valence-corrected chi connectivity index (χ2v) is 4.82. The zero-order valence-corrected chi connectivity index (χ0v) is 10.1. The van der Waals surface area contributed by atoms with Crippen LogP contribution < -0.4 is 0 Å². The van der Waals surface area contributed by atoms with Gasteiger partial charge in [-0.2, -0.15) is 0 Å². The third-order valence-electron chi connectivity index (χ3n) is 2.61. The zero-order chi connectivity index (χ0) is 10.8. The van der Waals surface area contributed by atoms with Gasteiger partial charge < -0.3 is 0 Å². The van der Waals surface area contributed by atoms with E-state index in [-0.39, 0.29) is 0 Å². The van der Waals surface area contributed by atoms with Crippen LogP contribution in [0.5, 0.6) is 0 Å². The molecule has 2 rings (SSSR count). The Hall–Kier alpha value is -1.02. The van der Waals surface area contributed by atoms with Crippen LogP contribution in [0.2, 0.25) is 0 Å². The van der Waals surface area contributed by atoms with Crippen LogP contribution in [0.1, 0.15) is 25.3 Å². The summed E-state index contributed by atoms with van der Waals surface area (Å²) in [7, 11) is 0. The van der Waals surface area contributed by atoms with Crippen LogP contribution >= 0.6 is 11.8 Å². The lowest BCUT2D eigenvalue weighted by Crippen LogP contribution is -1.91. The molecule has 2 aromatic rings. The number of fused-ring (bicyclic) bond motifs is 1. The summed E-state index contributed by atoms with van der Waals surface area (Å²) < 4.78 is 0. The number of hydrogen-bond donors (Lipinski definition) is 0. The summed E-state index contributed by atoms with van der Waals surface area (Å²) in [5.41, 5.74) is 2.49. The molecule has 0 fully saturated rings. The van der Waals surface area contributed by atoms with E-state index in [1.807, 2.05) is 6.20 Å². The van der Waals surface area contributed by atoms with Crippen molar-refractivity contribution in [3.05, 3.63) is 36.0 Å². The van der Waals surface area contributed by atoms with Gasteiger partial charge in [-0.15, -0.1) is 11.8 Å². The lowest BCUT2D eigenvalue weighted by atomic mass is 9.99.